The molecule has 1 unspecified atom stereocenters. The smallest absolute Gasteiger partial charge is 0.0773 e. The Labute approximate surface area is 214 Å². The maximum atomic E-state index is 3.70. The number of hydrogen-bond acceptors (Lipinski definition) is 2. The molecule has 3 heterocycles. The van der Waals surface area contributed by atoms with Gasteiger partial charge in [0.05, 0.1) is 6.04 Å². The summed E-state index contributed by atoms with van der Waals surface area (Å²) in [4.78, 5) is 2.33. The summed E-state index contributed by atoms with van der Waals surface area (Å²) in [6.45, 7) is 5.44. The molecule has 6 rings (SSSR count). The van der Waals surface area contributed by atoms with Crippen LogP contribution >= 0.6 is 0 Å². The van der Waals surface area contributed by atoms with E-state index >= 15 is 0 Å². The lowest BCUT2D eigenvalue weighted by atomic mass is 9.83. The van der Waals surface area contributed by atoms with Crippen LogP contribution in [0.2, 0.25) is 0 Å². The molecule has 0 fully saturated rings. The van der Waals surface area contributed by atoms with E-state index in [0.717, 1.165) is 13.0 Å². The predicted octanol–water partition coefficient (Wildman–Crippen LogP) is 8.10. The molecule has 3 aliphatic heterocycles. The van der Waals surface area contributed by atoms with Crippen molar-refractivity contribution >= 4 is 11.3 Å². The normalized spacial score (nSPS) is 18.1. The van der Waals surface area contributed by atoms with Gasteiger partial charge in [-0.25, -0.2) is 0 Å². The van der Waals surface area contributed by atoms with E-state index in [1.807, 2.05) is 0 Å². The van der Waals surface area contributed by atoms with Crippen molar-refractivity contribution in [3.8, 4) is 11.1 Å². The van der Waals surface area contributed by atoms with Crippen LogP contribution in [0.1, 0.15) is 48.6 Å². The van der Waals surface area contributed by atoms with Crippen molar-refractivity contribution in [1.29, 1.82) is 0 Å². The van der Waals surface area contributed by atoms with E-state index < -0.39 is 0 Å². The van der Waals surface area contributed by atoms with E-state index in [0.29, 0.717) is 5.92 Å². The Hall–Kier alpha value is -4.04. The van der Waals surface area contributed by atoms with Crippen LogP contribution in [0.4, 0.5) is 0 Å². The Morgan fingerprint density at radius 2 is 1.69 bits per heavy atom. The lowest BCUT2D eigenvalue weighted by Gasteiger charge is -2.35. The van der Waals surface area contributed by atoms with Crippen LogP contribution in [-0.4, -0.2) is 11.4 Å². The minimum atomic E-state index is 0.245. The Morgan fingerprint density at radius 3 is 2.56 bits per heavy atom. The van der Waals surface area contributed by atoms with Crippen LogP contribution in [0, 0.1) is 5.92 Å². The Kier molecular flexibility index (Phi) is 5.95. The van der Waals surface area contributed by atoms with Crippen molar-refractivity contribution in [3.63, 3.8) is 0 Å². The zero-order valence-electron chi connectivity index (χ0n) is 21.0. The van der Waals surface area contributed by atoms with Gasteiger partial charge in [-0.2, -0.15) is 0 Å². The summed E-state index contributed by atoms with van der Waals surface area (Å²) >= 11 is 0. The van der Waals surface area contributed by atoms with Gasteiger partial charge in [0.2, 0.25) is 0 Å². The van der Waals surface area contributed by atoms with Crippen molar-refractivity contribution in [2.75, 3.05) is 6.54 Å². The number of hydrogen-bond donors (Lipinski definition) is 1. The third-order valence-corrected chi connectivity index (χ3v) is 7.17. The zero-order chi connectivity index (χ0) is 24.5. The molecular weight excluding hydrogens is 436 g/mol. The summed E-state index contributed by atoms with van der Waals surface area (Å²) in [5.41, 5.74) is 11.5. The summed E-state index contributed by atoms with van der Waals surface area (Å²) < 4.78 is 0. The predicted molar refractivity (Wildman–Crippen MR) is 152 cm³/mol. The van der Waals surface area contributed by atoms with Gasteiger partial charge < -0.3 is 10.2 Å². The Morgan fingerprint density at radius 1 is 0.861 bits per heavy atom. The summed E-state index contributed by atoms with van der Waals surface area (Å²) in [6.07, 6.45) is 16.8. The van der Waals surface area contributed by atoms with E-state index in [1.54, 1.807) is 0 Å². The first-order valence-electron chi connectivity index (χ1n) is 13.0. The summed E-state index contributed by atoms with van der Waals surface area (Å²) in [7, 11) is 0. The van der Waals surface area contributed by atoms with Crippen LogP contribution in [0.15, 0.2) is 121 Å². The van der Waals surface area contributed by atoms with E-state index in [4.69, 9.17) is 0 Å². The molecule has 178 valence electrons. The molecule has 0 aromatic heterocycles. The molecule has 0 radical (unpaired) electrons. The summed E-state index contributed by atoms with van der Waals surface area (Å²) in [5, 5.41) is 3.70. The maximum absolute atomic E-state index is 3.70. The number of nitrogens with one attached hydrogen (secondary N) is 1. The van der Waals surface area contributed by atoms with Crippen molar-refractivity contribution < 1.29 is 0 Å². The van der Waals surface area contributed by atoms with Gasteiger partial charge >= 0.3 is 0 Å². The molecule has 2 nitrogen and oxygen atoms in total. The third kappa shape index (κ3) is 4.24. The second kappa shape index (κ2) is 9.54. The maximum Gasteiger partial charge on any atom is 0.0773 e. The second-order valence-electron chi connectivity index (χ2n) is 10.2. The van der Waals surface area contributed by atoms with Gasteiger partial charge in [-0.15, -0.1) is 0 Å². The summed E-state index contributed by atoms with van der Waals surface area (Å²) in [6, 6.07) is 26.7. The second-order valence-corrected chi connectivity index (χ2v) is 10.2. The van der Waals surface area contributed by atoms with Gasteiger partial charge in [0.1, 0.15) is 0 Å². The molecule has 1 atom stereocenters. The lowest BCUT2D eigenvalue weighted by molar-refractivity contribution is 0.428. The molecule has 0 bridgehead atoms. The molecule has 3 aromatic carbocycles. The monoisotopic (exact) mass is 468 g/mol. The molecule has 0 spiro atoms. The highest BCUT2D eigenvalue weighted by Crippen LogP contribution is 2.42. The highest BCUT2D eigenvalue weighted by Gasteiger charge is 2.27. The molecule has 1 N–H and O–H groups in total. The molecule has 2 heteroatoms. The van der Waals surface area contributed by atoms with Gasteiger partial charge in [-0.05, 0) is 63.9 Å². The van der Waals surface area contributed by atoms with Crippen molar-refractivity contribution in [2.24, 2.45) is 5.92 Å². The number of benzene rings is 3. The topological polar surface area (TPSA) is 15.3 Å². The number of dihydropyridines is 1. The van der Waals surface area contributed by atoms with Crippen molar-refractivity contribution in [2.45, 2.75) is 26.3 Å². The number of fused-ring (bicyclic) bond motifs is 3. The number of nitrogens with zero attached hydrogens (tertiary/aromatic N) is 1. The van der Waals surface area contributed by atoms with E-state index in [1.165, 1.54) is 50.2 Å². The molecular formula is C34H32N2. The highest BCUT2D eigenvalue weighted by molar-refractivity contribution is 5.91. The van der Waals surface area contributed by atoms with E-state index in [-0.39, 0.29) is 6.04 Å². The summed E-state index contributed by atoms with van der Waals surface area (Å²) in [5.74, 6) is 0.630. The fourth-order valence-corrected chi connectivity index (χ4v) is 5.52. The van der Waals surface area contributed by atoms with Gasteiger partial charge in [0.25, 0.3) is 0 Å². The molecule has 0 saturated carbocycles. The minimum absolute atomic E-state index is 0.245. The average molecular weight is 469 g/mol. The fourth-order valence-electron chi connectivity index (χ4n) is 5.52. The first-order valence-corrected chi connectivity index (χ1v) is 13.0. The number of allylic oxidation sites excluding steroid dienone is 4. The van der Waals surface area contributed by atoms with Crippen LogP contribution in [0.3, 0.4) is 0 Å². The third-order valence-electron chi connectivity index (χ3n) is 7.17. The SMILES string of the molecule is CC(C)CC1=CCNC(c2cc(-c3ccccc3)ccc2C2=CN3C=CC=CC3c3ccccc32)=C1. The Balaban J connectivity index is 1.53. The van der Waals surface area contributed by atoms with Gasteiger partial charge in [-0.3, -0.25) is 0 Å². The van der Waals surface area contributed by atoms with Crippen molar-refractivity contribution in [3.05, 3.63) is 143 Å². The first kappa shape index (κ1) is 22.4. The lowest BCUT2D eigenvalue weighted by Crippen LogP contribution is -2.24. The van der Waals surface area contributed by atoms with Crippen LogP contribution in [-0.2, 0) is 0 Å². The highest BCUT2D eigenvalue weighted by atomic mass is 15.1. The minimum Gasteiger partial charge on any atom is -0.381 e. The zero-order valence-corrected chi connectivity index (χ0v) is 21.0. The fraction of sp³-hybridized carbons (Fsp3) is 0.176. The van der Waals surface area contributed by atoms with E-state index in [9.17, 15) is 0 Å². The first-order chi connectivity index (χ1) is 17.7. The van der Waals surface area contributed by atoms with Gasteiger partial charge in [-0.1, -0.05) is 98.8 Å². The Bertz CT molecular complexity index is 1430. The van der Waals surface area contributed by atoms with Gasteiger partial charge in [0.15, 0.2) is 0 Å². The van der Waals surface area contributed by atoms with Gasteiger partial charge in [0, 0.05) is 35.8 Å². The molecule has 36 heavy (non-hydrogen) atoms. The molecule has 0 saturated heterocycles. The number of rotatable bonds is 5. The van der Waals surface area contributed by atoms with Crippen LogP contribution < -0.4 is 5.32 Å². The molecule has 0 aliphatic carbocycles. The quantitative estimate of drug-likeness (QED) is 0.407. The van der Waals surface area contributed by atoms with Crippen LogP contribution in [0.5, 0.6) is 0 Å². The standard InChI is InChI=1S/C34H32N2/c1-24(2)20-25-17-18-35-33(21-25)31-22-27(26-10-4-3-5-11-26)15-16-29(31)32-23-36-19-9-8-14-34(36)30-13-7-6-12-28(30)32/h3-17,19,21-24,34-35H,18,20H2,1-2H3. The average Bonchev–Trinajstić information content (AvgIpc) is 2.92. The molecule has 0 amide bonds. The molecule has 3 aliphatic rings. The largest absolute Gasteiger partial charge is 0.381 e. The van der Waals surface area contributed by atoms with E-state index in [2.05, 4.69) is 140 Å². The molecule has 3 aromatic rings. The van der Waals surface area contributed by atoms with Crippen LogP contribution in [0.25, 0.3) is 22.4 Å². The van der Waals surface area contributed by atoms with Crippen molar-refractivity contribution in [1.82, 2.24) is 10.2 Å².